The van der Waals surface area contributed by atoms with Crippen molar-refractivity contribution in [3.05, 3.63) is 48.3 Å². The van der Waals surface area contributed by atoms with Gasteiger partial charge >= 0.3 is 0 Å². The Kier molecular flexibility index (Phi) is 5.18. The van der Waals surface area contributed by atoms with E-state index in [4.69, 9.17) is 4.74 Å². The number of benzene rings is 1. The fraction of sp³-hybridized carbons (Fsp3) is 0.286. The molecular weight excluding hydrogens is 260 g/mol. The second-order valence-corrected chi connectivity index (χ2v) is 5.12. The van der Waals surface area contributed by atoms with Crippen molar-refractivity contribution in [3.63, 3.8) is 0 Å². The lowest BCUT2D eigenvalue weighted by atomic mass is 10.3. The van der Waals surface area contributed by atoms with Crippen molar-refractivity contribution in [2.75, 3.05) is 12.4 Å². The monoisotopic (exact) mass is 276 g/mol. The molecule has 1 aromatic carbocycles. The van der Waals surface area contributed by atoms with Crippen molar-refractivity contribution >= 4 is 11.8 Å². The van der Waals surface area contributed by atoms with Crippen LogP contribution in [0.4, 0.5) is 0 Å². The average molecular weight is 276 g/mol. The fourth-order valence-electron chi connectivity index (χ4n) is 1.38. The zero-order valence-electron chi connectivity index (χ0n) is 10.7. The summed E-state index contributed by atoms with van der Waals surface area (Å²) in [6, 6.07) is 9.45. The first-order valence-electron chi connectivity index (χ1n) is 6.01. The molecule has 4 nitrogen and oxygen atoms in total. The Morgan fingerprint density at radius 2 is 1.89 bits per heavy atom. The molecule has 1 N–H and O–H groups in total. The lowest BCUT2D eigenvalue weighted by Gasteiger charge is -2.11. The highest BCUT2D eigenvalue weighted by molar-refractivity contribution is 7.99. The van der Waals surface area contributed by atoms with Crippen LogP contribution in [0.3, 0.4) is 0 Å². The normalized spacial score (nSPS) is 12.1. The van der Waals surface area contributed by atoms with Gasteiger partial charge in [-0.1, -0.05) is 30.0 Å². The van der Waals surface area contributed by atoms with E-state index in [0.717, 1.165) is 11.3 Å². The number of ether oxygens (including phenoxy) is 1. The van der Waals surface area contributed by atoms with Crippen LogP contribution in [0.2, 0.25) is 0 Å². The Labute approximate surface area is 116 Å². The van der Waals surface area contributed by atoms with Gasteiger partial charge in [-0.2, -0.15) is 0 Å². The standard InChI is InChI=1S/C14H16N2O2S/c1-11-7-15-14(16-8-11)19-10-12(17)9-18-13-5-3-2-4-6-13/h2-8,12,17H,9-10H2,1H3/t12-/m1/s1. The van der Waals surface area contributed by atoms with Gasteiger partial charge in [-0.25, -0.2) is 9.97 Å². The van der Waals surface area contributed by atoms with E-state index in [-0.39, 0.29) is 6.61 Å². The first kappa shape index (κ1) is 13.8. The summed E-state index contributed by atoms with van der Waals surface area (Å²) >= 11 is 1.42. The van der Waals surface area contributed by atoms with E-state index >= 15 is 0 Å². The number of nitrogens with zero attached hydrogens (tertiary/aromatic N) is 2. The Morgan fingerprint density at radius 1 is 1.21 bits per heavy atom. The summed E-state index contributed by atoms with van der Waals surface area (Å²) < 4.78 is 5.47. The molecule has 2 aromatic rings. The number of hydrogen-bond acceptors (Lipinski definition) is 5. The van der Waals surface area contributed by atoms with Gasteiger partial charge in [0.1, 0.15) is 12.4 Å². The number of aliphatic hydroxyl groups is 1. The van der Waals surface area contributed by atoms with Crippen LogP contribution in [-0.4, -0.2) is 33.5 Å². The number of hydrogen-bond donors (Lipinski definition) is 1. The van der Waals surface area contributed by atoms with Crippen LogP contribution in [0.5, 0.6) is 5.75 Å². The molecule has 100 valence electrons. The van der Waals surface area contributed by atoms with Gasteiger partial charge in [-0.3, -0.25) is 0 Å². The molecule has 0 spiro atoms. The van der Waals surface area contributed by atoms with E-state index in [1.807, 2.05) is 37.3 Å². The molecule has 0 aliphatic heterocycles. The second kappa shape index (κ2) is 7.11. The molecule has 5 heteroatoms. The van der Waals surface area contributed by atoms with Crippen LogP contribution in [0.1, 0.15) is 5.56 Å². The maximum Gasteiger partial charge on any atom is 0.187 e. The fourth-order valence-corrected chi connectivity index (χ4v) is 2.08. The Balaban J connectivity index is 1.72. The predicted molar refractivity (Wildman–Crippen MR) is 75.4 cm³/mol. The zero-order chi connectivity index (χ0) is 13.5. The minimum absolute atomic E-state index is 0.267. The van der Waals surface area contributed by atoms with Gasteiger partial charge < -0.3 is 9.84 Å². The molecule has 1 aromatic heterocycles. The van der Waals surface area contributed by atoms with E-state index < -0.39 is 6.10 Å². The maximum absolute atomic E-state index is 9.83. The minimum atomic E-state index is -0.546. The van der Waals surface area contributed by atoms with Crippen molar-refractivity contribution in [1.82, 2.24) is 9.97 Å². The number of aryl methyl sites for hydroxylation is 1. The highest BCUT2D eigenvalue weighted by Gasteiger charge is 2.07. The average Bonchev–Trinajstić information content (AvgIpc) is 2.45. The van der Waals surface area contributed by atoms with Gasteiger partial charge in [-0.15, -0.1) is 0 Å². The Hall–Kier alpha value is -1.59. The first-order chi connectivity index (χ1) is 9.24. The summed E-state index contributed by atoms with van der Waals surface area (Å²) in [4.78, 5) is 8.34. The Bertz CT molecular complexity index is 491. The van der Waals surface area contributed by atoms with Crippen LogP contribution in [-0.2, 0) is 0 Å². The SMILES string of the molecule is Cc1cnc(SC[C@H](O)COc2ccccc2)nc1. The molecule has 0 amide bonds. The van der Waals surface area contributed by atoms with Gasteiger partial charge in [0.15, 0.2) is 5.16 Å². The molecular formula is C14H16N2O2S. The van der Waals surface area contributed by atoms with E-state index in [1.54, 1.807) is 12.4 Å². The molecule has 0 saturated heterocycles. The van der Waals surface area contributed by atoms with Crippen molar-refractivity contribution in [3.8, 4) is 5.75 Å². The van der Waals surface area contributed by atoms with Crippen LogP contribution in [0.15, 0.2) is 47.9 Å². The first-order valence-corrected chi connectivity index (χ1v) is 7.00. The van der Waals surface area contributed by atoms with Gasteiger partial charge in [0, 0.05) is 18.1 Å². The van der Waals surface area contributed by atoms with Crippen molar-refractivity contribution in [2.24, 2.45) is 0 Å². The van der Waals surface area contributed by atoms with E-state index in [0.29, 0.717) is 10.9 Å². The van der Waals surface area contributed by atoms with E-state index in [1.165, 1.54) is 11.8 Å². The molecule has 0 bridgehead atoms. The van der Waals surface area contributed by atoms with Gasteiger partial charge in [0.2, 0.25) is 0 Å². The molecule has 0 unspecified atom stereocenters. The third kappa shape index (κ3) is 4.89. The highest BCUT2D eigenvalue weighted by Crippen LogP contribution is 2.14. The Morgan fingerprint density at radius 3 is 2.58 bits per heavy atom. The largest absolute Gasteiger partial charge is 0.491 e. The lowest BCUT2D eigenvalue weighted by Crippen LogP contribution is -2.20. The van der Waals surface area contributed by atoms with Gasteiger partial charge in [0.05, 0.1) is 6.10 Å². The van der Waals surface area contributed by atoms with Crippen LogP contribution in [0, 0.1) is 6.92 Å². The molecule has 0 saturated carbocycles. The van der Waals surface area contributed by atoms with Crippen molar-refractivity contribution in [1.29, 1.82) is 0 Å². The quantitative estimate of drug-likeness (QED) is 0.648. The van der Waals surface area contributed by atoms with Crippen molar-refractivity contribution < 1.29 is 9.84 Å². The molecule has 19 heavy (non-hydrogen) atoms. The molecule has 2 rings (SSSR count). The zero-order valence-corrected chi connectivity index (χ0v) is 11.5. The number of thioether (sulfide) groups is 1. The van der Waals surface area contributed by atoms with Gasteiger partial charge in [0.25, 0.3) is 0 Å². The smallest absolute Gasteiger partial charge is 0.187 e. The number of rotatable bonds is 6. The topological polar surface area (TPSA) is 55.2 Å². The number of aromatic nitrogens is 2. The summed E-state index contributed by atoms with van der Waals surface area (Å²) in [6.45, 7) is 2.21. The summed E-state index contributed by atoms with van der Waals surface area (Å²) in [5.41, 5.74) is 1.03. The molecule has 0 radical (unpaired) electrons. The third-order valence-electron chi connectivity index (χ3n) is 2.35. The molecule has 1 atom stereocenters. The molecule has 1 heterocycles. The summed E-state index contributed by atoms with van der Waals surface area (Å²) in [5, 5.41) is 10.5. The molecule has 0 aliphatic carbocycles. The minimum Gasteiger partial charge on any atom is -0.491 e. The van der Waals surface area contributed by atoms with E-state index in [9.17, 15) is 5.11 Å². The maximum atomic E-state index is 9.83. The number of aliphatic hydroxyl groups excluding tert-OH is 1. The van der Waals surface area contributed by atoms with Crippen LogP contribution in [0.25, 0.3) is 0 Å². The third-order valence-corrected chi connectivity index (χ3v) is 3.37. The van der Waals surface area contributed by atoms with Crippen LogP contribution >= 0.6 is 11.8 Å². The number of para-hydroxylation sites is 1. The van der Waals surface area contributed by atoms with Gasteiger partial charge in [-0.05, 0) is 24.6 Å². The predicted octanol–water partition coefficient (Wildman–Crippen LogP) is 2.32. The lowest BCUT2D eigenvalue weighted by molar-refractivity contribution is 0.126. The second-order valence-electron chi connectivity index (χ2n) is 4.13. The highest BCUT2D eigenvalue weighted by atomic mass is 32.2. The summed E-state index contributed by atoms with van der Waals surface area (Å²) in [6.07, 6.45) is 2.99. The van der Waals surface area contributed by atoms with E-state index in [2.05, 4.69) is 9.97 Å². The van der Waals surface area contributed by atoms with Crippen LogP contribution < -0.4 is 4.74 Å². The molecule has 0 aliphatic rings. The van der Waals surface area contributed by atoms with Crippen molar-refractivity contribution in [2.45, 2.75) is 18.2 Å². The summed E-state index contributed by atoms with van der Waals surface area (Å²) in [5.74, 6) is 1.27. The molecule has 0 fully saturated rings. The summed E-state index contributed by atoms with van der Waals surface area (Å²) in [7, 11) is 0.